The third kappa shape index (κ3) is 2.93. The minimum Gasteiger partial charge on any atom is -0.168 e. The van der Waals surface area contributed by atoms with Gasteiger partial charge in [-0.15, -0.1) is 10.1 Å². The Labute approximate surface area is 134 Å². The third-order valence-corrected chi connectivity index (χ3v) is 4.07. The zero-order valence-electron chi connectivity index (χ0n) is 12.0. The van der Waals surface area contributed by atoms with Crippen LogP contribution < -0.4 is 0 Å². The molecule has 0 bridgehead atoms. The molecule has 22 heavy (non-hydrogen) atoms. The first-order valence-corrected chi connectivity index (χ1v) is 7.48. The summed E-state index contributed by atoms with van der Waals surface area (Å²) in [6, 6.07) is 16.8. The highest BCUT2D eigenvalue weighted by molar-refractivity contribution is 6.13. The largest absolute Gasteiger partial charge is 0.168 e. The van der Waals surface area contributed by atoms with E-state index in [2.05, 4.69) is 46.5 Å². The summed E-state index contributed by atoms with van der Waals surface area (Å²) < 4.78 is 1.07. The molecule has 0 saturated carbocycles. The molecule has 110 valence electrons. The fourth-order valence-electron chi connectivity index (χ4n) is 2.88. The lowest BCUT2D eigenvalue weighted by molar-refractivity contribution is 0.531. The van der Waals surface area contributed by atoms with Crippen LogP contribution in [-0.4, -0.2) is 11.1 Å². The van der Waals surface area contributed by atoms with Crippen LogP contribution in [0.1, 0.15) is 22.3 Å². The van der Waals surface area contributed by atoms with Crippen molar-refractivity contribution < 1.29 is 0 Å². The summed E-state index contributed by atoms with van der Waals surface area (Å²) in [5, 5.41) is 3.38. The van der Waals surface area contributed by atoms with Crippen LogP contribution >= 0.6 is 11.8 Å². The number of benzene rings is 2. The molecule has 0 atom stereocenters. The predicted molar refractivity (Wildman–Crippen MR) is 89.1 cm³/mol. The molecule has 0 saturated heterocycles. The standard InChI is InChI=1S/C17H15ClN4/c18-22(21-20-19)12-11-17-15-7-3-1-5-13(15)9-10-14-6-2-4-8-16(14)17/h1-8,11H,9-10,12H2. The second kappa shape index (κ2) is 6.56. The Balaban J connectivity index is 2.10. The number of hydrogen-bond acceptors (Lipinski definition) is 1. The summed E-state index contributed by atoms with van der Waals surface area (Å²) in [5.41, 5.74) is 14.7. The molecule has 4 nitrogen and oxygen atoms in total. The van der Waals surface area contributed by atoms with Crippen LogP contribution in [0.2, 0.25) is 0 Å². The molecule has 0 amide bonds. The molecule has 1 aliphatic rings. The first-order chi connectivity index (χ1) is 10.8. The summed E-state index contributed by atoms with van der Waals surface area (Å²) in [4.78, 5) is 2.70. The van der Waals surface area contributed by atoms with Crippen molar-refractivity contribution in [1.29, 1.82) is 0 Å². The molecule has 0 heterocycles. The van der Waals surface area contributed by atoms with E-state index in [9.17, 15) is 0 Å². The van der Waals surface area contributed by atoms with Crippen LogP contribution in [0.15, 0.2) is 59.8 Å². The number of hydrogen-bond donors (Lipinski definition) is 0. The van der Waals surface area contributed by atoms with Crippen molar-refractivity contribution in [2.24, 2.45) is 5.22 Å². The lowest BCUT2D eigenvalue weighted by Gasteiger charge is -2.12. The van der Waals surface area contributed by atoms with Gasteiger partial charge < -0.3 is 0 Å². The Bertz CT molecular complexity index is 713. The van der Waals surface area contributed by atoms with Crippen molar-refractivity contribution in [2.75, 3.05) is 6.54 Å². The van der Waals surface area contributed by atoms with Crippen LogP contribution in [-0.2, 0) is 12.8 Å². The highest BCUT2D eigenvalue weighted by Gasteiger charge is 2.17. The van der Waals surface area contributed by atoms with Gasteiger partial charge in [-0.3, -0.25) is 0 Å². The first kappa shape index (κ1) is 14.5. The maximum Gasteiger partial charge on any atom is 0.143 e. The molecule has 0 aromatic heterocycles. The molecular weight excluding hydrogens is 296 g/mol. The van der Waals surface area contributed by atoms with Gasteiger partial charge in [0, 0.05) is 0 Å². The van der Waals surface area contributed by atoms with Gasteiger partial charge in [0.05, 0.1) is 0 Å². The Hall–Kier alpha value is -2.42. The van der Waals surface area contributed by atoms with Crippen molar-refractivity contribution in [1.82, 2.24) is 4.53 Å². The number of nitrogens with zero attached hydrogens (tertiary/aromatic N) is 4. The van der Waals surface area contributed by atoms with E-state index in [1.54, 1.807) is 0 Å². The van der Waals surface area contributed by atoms with E-state index < -0.39 is 0 Å². The number of azide groups is 1. The number of fused-ring (bicyclic) bond motifs is 2. The van der Waals surface area contributed by atoms with Gasteiger partial charge in [0.25, 0.3) is 0 Å². The lowest BCUT2D eigenvalue weighted by Crippen LogP contribution is -2.03. The summed E-state index contributed by atoms with van der Waals surface area (Å²) in [6.07, 6.45) is 4.06. The molecule has 2 aromatic carbocycles. The first-order valence-electron chi connectivity index (χ1n) is 7.14. The van der Waals surface area contributed by atoms with E-state index >= 15 is 0 Å². The van der Waals surface area contributed by atoms with Crippen LogP contribution in [0.3, 0.4) is 0 Å². The van der Waals surface area contributed by atoms with Crippen molar-refractivity contribution in [2.45, 2.75) is 12.8 Å². The molecule has 3 rings (SSSR count). The minimum absolute atomic E-state index is 0.351. The fourth-order valence-corrected chi connectivity index (χ4v) is 2.98. The molecule has 0 radical (unpaired) electrons. The molecule has 0 unspecified atom stereocenters. The van der Waals surface area contributed by atoms with Crippen LogP contribution in [0.25, 0.3) is 16.0 Å². The summed E-state index contributed by atoms with van der Waals surface area (Å²) >= 11 is 5.86. The van der Waals surface area contributed by atoms with Crippen LogP contribution in [0.5, 0.6) is 0 Å². The van der Waals surface area contributed by atoms with E-state index in [1.807, 2.05) is 18.2 Å². The zero-order chi connectivity index (χ0) is 15.4. The maximum atomic E-state index is 8.45. The van der Waals surface area contributed by atoms with E-state index in [-0.39, 0.29) is 0 Å². The minimum atomic E-state index is 0.351. The van der Waals surface area contributed by atoms with E-state index in [0.717, 1.165) is 22.9 Å². The highest BCUT2D eigenvalue weighted by atomic mass is 35.5. The van der Waals surface area contributed by atoms with E-state index in [0.29, 0.717) is 6.54 Å². The molecule has 0 aliphatic heterocycles. The van der Waals surface area contributed by atoms with E-state index in [1.165, 1.54) is 22.3 Å². The average molecular weight is 311 g/mol. The molecule has 0 fully saturated rings. The molecule has 5 heteroatoms. The van der Waals surface area contributed by atoms with Crippen molar-refractivity contribution in [3.8, 4) is 0 Å². The maximum absolute atomic E-state index is 8.45. The molecule has 2 aromatic rings. The van der Waals surface area contributed by atoms with Gasteiger partial charge in [0.2, 0.25) is 0 Å². The summed E-state index contributed by atoms with van der Waals surface area (Å²) in [7, 11) is 0. The van der Waals surface area contributed by atoms with Crippen molar-refractivity contribution in [3.05, 3.63) is 87.3 Å². The normalized spacial score (nSPS) is 12.5. The number of halogens is 1. The SMILES string of the molecule is [N-]=[N+]=NN(Cl)CC=C1c2ccccc2CCc2ccccc21. The van der Waals surface area contributed by atoms with Crippen molar-refractivity contribution >= 4 is 17.3 Å². The fraction of sp³-hybridized carbons (Fsp3) is 0.176. The number of rotatable bonds is 3. The van der Waals surface area contributed by atoms with E-state index in [4.69, 9.17) is 17.3 Å². The smallest absolute Gasteiger partial charge is 0.143 e. The third-order valence-electron chi connectivity index (χ3n) is 3.86. The molecular formula is C17H15ClN4. The monoisotopic (exact) mass is 310 g/mol. The van der Waals surface area contributed by atoms with Gasteiger partial charge in [-0.1, -0.05) is 48.5 Å². The van der Waals surface area contributed by atoms with Crippen LogP contribution in [0.4, 0.5) is 0 Å². The van der Waals surface area contributed by atoms with Gasteiger partial charge in [-0.25, -0.2) is 0 Å². The van der Waals surface area contributed by atoms with Crippen molar-refractivity contribution in [3.63, 3.8) is 0 Å². The second-order valence-corrected chi connectivity index (χ2v) is 5.52. The van der Waals surface area contributed by atoms with Gasteiger partial charge >= 0.3 is 0 Å². The van der Waals surface area contributed by atoms with Gasteiger partial charge in [-0.05, 0) is 52.0 Å². The quantitative estimate of drug-likeness (QED) is 0.261. The molecule has 1 aliphatic carbocycles. The molecule has 0 spiro atoms. The highest BCUT2D eigenvalue weighted by Crippen LogP contribution is 2.33. The Kier molecular flexibility index (Phi) is 4.33. The predicted octanol–water partition coefficient (Wildman–Crippen LogP) is 4.90. The summed E-state index contributed by atoms with van der Waals surface area (Å²) in [6.45, 7) is 0.351. The van der Waals surface area contributed by atoms with Gasteiger partial charge in [-0.2, -0.15) is 4.91 Å². The summed E-state index contributed by atoms with van der Waals surface area (Å²) in [5.74, 6) is 0. The lowest BCUT2D eigenvalue weighted by atomic mass is 9.94. The average Bonchev–Trinajstić information content (AvgIpc) is 2.70. The zero-order valence-corrected chi connectivity index (χ0v) is 12.7. The number of aryl methyl sites for hydroxylation is 2. The second-order valence-electron chi connectivity index (χ2n) is 5.13. The Morgan fingerprint density at radius 3 is 2.14 bits per heavy atom. The Morgan fingerprint density at radius 2 is 1.59 bits per heavy atom. The van der Waals surface area contributed by atoms with Gasteiger partial charge in [0.1, 0.15) is 18.3 Å². The Morgan fingerprint density at radius 1 is 1.05 bits per heavy atom. The van der Waals surface area contributed by atoms with Crippen LogP contribution in [0, 0.1) is 0 Å². The topological polar surface area (TPSA) is 52.0 Å². The van der Waals surface area contributed by atoms with Gasteiger partial charge in [0.15, 0.2) is 0 Å². The molecule has 0 N–H and O–H groups in total.